The van der Waals surface area contributed by atoms with Gasteiger partial charge in [-0.15, -0.1) is 11.3 Å². The molecule has 4 heteroatoms. The number of thiazole rings is 1. The van der Waals surface area contributed by atoms with Gasteiger partial charge < -0.3 is 5.32 Å². The Hall–Kier alpha value is -1.26. The van der Waals surface area contributed by atoms with Gasteiger partial charge in [-0.3, -0.25) is 4.98 Å². The molecule has 1 N–H and O–H groups in total. The first-order valence-corrected chi connectivity index (χ1v) is 6.33. The first-order valence-electron chi connectivity index (χ1n) is 5.51. The zero-order valence-corrected chi connectivity index (χ0v) is 9.70. The van der Waals surface area contributed by atoms with Crippen LogP contribution in [0, 0.1) is 0 Å². The summed E-state index contributed by atoms with van der Waals surface area (Å²) in [5, 5.41) is 4.50. The lowest BCUT2D eigenvalue weighted by Gasteiger charge is -1.97. The van der Waals surface area contributed by atoms with Gasteiger partial charge in [-0.25, -0.2) is 4.98 Å². The van der Waals surface area contributed by atoms with Gasteiger partial charge in [0, 0.05) is 29.9 Å². The molecule has 0 saturated heterocycles. The Morgan fingerprint density at radius 1 is 1.31 bits per heavy atom. The SMILES string of the molecule is c1ccc(-c2ncc(CNC3CC3)s2)nc1. The minimum atomic E-state index is 0.750. The Morgan fingerprint density at radius 3 is 3.00 bits per heavy atom. The van der Waals surface area contributed by atoms with Crippen molar-refractivity contribution in [3.63, 3.8) is 0 Å². The number of rotatable bonds is 4. The largest absolute Gasteiger partial charge is 0.309 e. The van der Waals surface area contributed by atoms with E-state index < -0.39 is 0 Å². The van der Waals surface area contributed by atoms with E-state index in [1.165, 1.54) is 17.7 Å². The van der Waals surface area contributed by atoms with Crippen molar-refractivity contribution in [3.8, 4) is 10.7 Å². The predicted molar refractivity (Wildman–Crippen MR) is 65.2 cm³/mol. The molecule has 82 valence electrons. The van der Waals surface area contributed by atoms with Gasteiger partial charge in [-0.05, 0) is 25.0 Å². The van der Waals surface area contributed by atoms with Gasteiger partial charge in [0.25, 0.3) is 0 Å². The molecule has 16 heavy (non-hydrogen) atoms. The molecule has 3 nitrogen and oxygen atoms in total. The summed E-state index contributed by atoms with van der Waals surface area (Å²) < 4.78 is 0. The fraction of sp³-hybridized carbons (Fsp3) is 0.333. The Balaban J connectivity index is 1.71. The highest BCUT2D eigenvalue weighted by molar-refractivity contribution is 7.14. The maximum absolute atomic E-state index is 4.40. The van der Waals surface area contributed by atoms with E-state index in [-0.39, 0.29) is 0 Å². The molecular formula is C12H13N3S. The van der Waals surface area contributed by atoms with E-state index in [0.29, 0.717) is 0 Å². The highest BCUT2D eigenvalue weighted by atomic mass is 32.1. The molecule has 1 aliphatic rings. The van der Waals surface area contributed by atoms with Gasteiger partial charge >= 0.3 is 0 Å². The quantitative estimate of drug-likeness (QED) is 0.878. The maximum atomic E-state index is 4.40. The van der Waals surface area contributed by atoms with Crippen LogP contribution in [0.5, 0.6) is 0 Å². The van der Waals surface area contributed by atoms with Gasteiger partial charge in [-0.1, -0.05) is 6.07 Å². The zero-order chi connectivity index (χ0) is 10.8. The fourth-order valence-corrected chi connectivity index (χ4v) is 2.37. The second-order valence-corrected chi connectivity index (χ2v) is 5.12. The summed E-state index contributed by atoms with van der Waals surface area (Å²) >= 11 is 1.72. The first-order chi connectivity index (χ1) is 7.92. The maximum Gasteiger partial charge on any atom is 0.142 e. The summed E-state index contributed by atoms with van der Waals surface area (Å²) in [6, 6.07) is 6.66. The van der Waals surface area contributed by atoms with E-state index in [1.807, 2.05) is 24.4 Å². The smallest absolute Gasteiger partial charge is 0.142 e. The average Bonchev–Trinajstić information content (AvgIpc) is 3.05. The molecule has 0 atom stereocenters. The fourth-order valence-electron chi connectivity index (χ4n) is 1.53. The molecule has 0 bridgehead atoms. The topological polar surface area (TPSA) is 37.8 Å². The summed E-state index contributed by atoms with van der Waals surface area (Å²) in [6.45, 7) is 0.940. The van der Waals surface area contributed by atoms with E-state index in [2.05, 4.69) is 15.3 Å². The Bertz CT molecular complexity index is 462. The first kappa shape index (κ1) is 9.93. The van der Waals surface area contributed by atoms with Crippen LogP contribution in [-0.4, -0.2) is 16.0 Å². The van der Waals surface area contributed by atoms with E-state index >= 15 is 0 Å². The Kier molecular flexibility index (Phi) is 2.68. The van der Waals surface area contributed by atoms with E-state index in [9.17, 15) is 0 Å². The van der Waals surface area contributed by atoms with Crippen molar-refractivity contribution in [3.05, 3.63) is 35.5 Å². The molecule has 2 aromatic rings. The van der Waals surface area contributed by atoms with Crippen LogP contribution in [-0.2, 0) is 6.54 Å². The number of hydrogen-bond acceptors (Lipinski definition) is 4. The average molecular weight is 231 g/mol. The number of hydrogen-bond donors (Lipinski definition) is 1. The van der Waals surface area contributed by atoms with Crippen molar-refractivity contribution in [2.24, 2.45) is 0 Å². The van der Waals surface area contributed by atoms with Crippen molar-refractivity contribution in [1.29, 1.82) is 0 Å². The van der Waals surface area contributed by atoms with Gasteiger partial charge in [0.1, 0.15) is 5.01 Å². The molecule has 0 aromatic carbocycles. The number of aromatic nitrogens is 2. The van der Waals surface area contributed by atoms with E-state index in [4.69, 9.17) is 0 Å². The number of pyridine rings is 1. The zero-order valence-electron chi connectivity index (χ0n) is 8.89. The van der Waals surface area contributed by atoms with E-state index in [1.54, 1.807) is 17.5 Å². The normalized spacial score (nSPS) is 15.2. The minimum absolute atomic E-state index is 0.750. The molecule has 0 spiro atoms. The van der Waals surface area contributed by atoms with Crippen LogP contribution >= 0.6 is 11.3 Å². The summed E-state index contributed by atoms with van der Waals surface area (Å²) in [4.78, 5) is 9.98. The molecule has 0 aliphatic heterocycles. The van der Waals surface area contributed by atoms with Gasteiger partial charge in [-0.2, -0.15) is 0 Å². The van der Waals surface area contributed by atoms with Crippen molar-refractivity contribution in [2.75, 3.05) is 0 Å². The van der Waals surface area contributed by atoms with Crippen molar-refractivity contribution < 1.29 is 0 Å². The summed E-state index contributed by atoms with van der Waals surface area (Å²) in [5.74, 6) is 0. The standard InChI is InChI=1S/C12H13N3S/c1-2-6-13-11(3-1)12-15-8-10(16-12)7-14-9-4-5-9/h1-3,6,8-9,14H,4-5,7H2. The van der Waals surface area contributed by atoms with Crippen molar-refractivity contribution >= 4 is 11.3 Å². The predicted octanol–water partition coefficient (Wildman–Crippen LogP) is 2.46. The summed E-state index contributed by atoms with van der Waals surface area (Å²) in [6.07, 6.45) is 6.40. The molecule has 1 fully saturated rings. The summed E-state index contributed by atoms with van der Waals surface area (Å²) in [5.41, 5.74) is 0.963. The summed E-state index contributed by atoms with van der Waals surface area (Å²) in [7, 11) is 0. The number of nitrogens with one attached hydrogen (secondary N) is 1. The highest BCUT2D eigenvalue weighted by Gasteiger charge is 2.20. The van der Waals surface area contributed by atoms with E-state index in [0.717, 1.165) is 23.3 Å². The third kappa shape index (κ3) is 2.28. The van der Waals surface area contributed by atoms with Gasteiger partial charge in [0.2, 0.25) is 0 Å². The third-order valence-corrected chi connectivity index (χ3v) is 3.60. The monoisotopic (exact) mass is 231 g/mol. The van der Waals surface area contributed by atoms with Crippen LogP contribution in [0.25, 0.3) is 10.7 Å². The van der Waals surface area contributed by atoms with Crippen LogP contribution in [0.3, 0.4) is 0 Å². The molecule has 0 amide bonds. The van der Waals surface area contributed by atoms with Crippen molar-refractivity contribution in [1.82, 2.24) is 15.3 Å². The molecule has 3 rings (SSSR count). The molecule has 1 aliphatic carbocycles. The van der Waals surface area contributed by atoms with Crippen LogP contribution < -0.4 is 5.32 Å². The van der Waals surface area contributed by atoms with Gasteiger partial charge in [0.15, 0.2) is 0 Å². The van der Waals surface area contributed by atoms with Crippen LogP contribution in [0.2, 0.25) is 0 Å². The molecule has 1 saturated carbocycles. The van der Waals surface area contributed by atoms with Crippen LogP contribution in [0.15, 0.2) is 30.6 Å². The van der Waals surface area contributed by atoms with Crippen LogP contribution in [0.1, 0.15) is 17.7 Å². The van der Waals surface area contributed by atoms with Gasteiger partial charge in [0.05, 0.1) is 5.69 Å². The highest BCUT2D eigenvalue weighted by Crippen LogP contribution is 2.24. The molecule has 0 unspecified atom stereocenters. The number of nitrogens with zero attached hydrogens (tertiary/aromatic N) is 2. The lowest BCUT2D eigenvalue weighted by Crippen LogP contribution is -2.14. The second kappa shape index (κ2) is 4.31. The third-order valence-electron chi connectivity index (χ3n) is 2.58. The molecule has 0 radical (unpaired) electrons. The molecule has 2 heterocycles. The Morgan fingerprint density at radius 2 is 2.25 bits per heavy atom. The lowest BCUT2D eigenvalue weighted by molar-refractivity contribution is 0.694. The Labute approximate surface area is 98.6 Å². The van der Waals surface area contributed by atoms with Crippen LogP contribution in [0.4, 0.5) is 0 Å². The second-order valence-electron chi connectivity index (χ2n) is 4.00. The minimum Gasteiger partial charge on any atom is -0.309 e. The lowest BCUT2D eigenvalue weighted by atomic mass is 10.4. The van der Waals surface area contributed by atoms with Crippen molar-refractivity contribution in [2.45, 2.75) is 25.4 Å². The molecular weight excluding hydrogens is 218 g/mol. The molecule has 2 aromatic heterocycles.